The van der Waals surface area contributed by atoms with Gasteiger partial charge in [-0.1, -0.05) is 0 Å². The molecule has 8 heteroatoms. The molecule has 4 rings (SSSR count). The molecule has 2 aliphatic rings. The van der Waals surface area contributed by atoms with E-state index in [0.717, 1.165) is 16.9 Å². The molecule has 0 N–H and O–H groups in total. The molecule has 25 heavy (non-hydrogen) atoms. The summed E-state index contributed by atoms with van der Waals surface area (Å²) in [4.78, 5) is 45.3. The average Bonchev–Trinajstić information content (AvgIpc) is 3.03. The second kappa shape index (κ2) is 5.94. The number of aromatic nitrogens is 2. The fourth-order valence-corrected chi connectivity index (χ4v) is 4.59. The Morgan fingerprint density at radius 3 is 2.80 bits per heavy atom. The van der Waals surface area contributed by atoms with Crippen molar-refractivity contribution < 1.29 is 9.59 Å². The van der Waals surface area contributed by atoms with Crippen molar-refractivity contribution in [2.75, 3.05) is 26.7 Å². The van der Waals surface area contributed by atoms with Crippen LogP contribution in [0.25, 0.3) is 10.2 Å². The molecule has 4 heterocycles. The largest absolute Gasteiger partial charge is 0.345 e. The summed E-state index contributed by atoms with van der Waals surface area (Å²) in [7, 11) is 1.73. The van der Waals surface area contributed by atoms with Crippen LogP contribution < -0.4 is 5.56 Å². The van der Waals surface area contributed by atoms with Crippen LogP contribution in [0.2, 0.25) is 0 Å². The van der Waals surface area contributed by atoms with Crippen LogP contribution >= 0.6 is 11.3 Å². The molecule has 2 aromatic heterocycles. The van der Waals surface area contributed by atoms with E-state index in [1.54, 1.807) is 21.4 Å². The zero-order valence-corrected chi connectivity index (χ0v) is 15.1. The average molecular weight is 360 g/mol. The summed E-state index contributed by atoms with van der Waals surface area (Å²) < 4.78 is 2.39. The third kappa shape index (κ3) is 2.64. The van der Waals surface area contributed by atoms with Crippen LogP contribution in [0.5, 0.6) is 0 Å². The summed E-state index contributed by atoms with van der Waals surface area (Å²) in [6, 6.07) is 0. The zero-order chi connectivity index (χ0) is 17.7. The second-order valence-corrected chi connectivity index (χ2v) is 7.71. The number of hydrogen-bond acceptors (Lipinski definition) is 5. The molecule has 0 bridgehead atoms. The molecule has 0 saturated carbocycles. The van der Waals surface area contributed by atoms with E-state index < -0.39 is 0 Å². The number of carbonyl (C=O) groups excluding carboxylic acids is 2. The van der Waals surface area contributed by atoms with Crippen molar-refractivity contribution >= 4 is 33.4 Å². The van der Waals surface area contributed by atoms with Gasteiger partial charge in [-0.15, -0.1) is 11.3 Å². The predicted octanol–water partition coefficient (Wildman–Crippen LogP) is 0.629. The molecule has 0 spiro atoms. The van der Waals surface area contributed by atoms with Gasteiger partial charge in [0.2, 0.25) is 11.8 Å². The second-order valence-electron chi connectivity index (χ2n) is 6.83. The van der Waals surface area contributed by atoms with Crippen LogP contribution in [0.3, 0.4) is 0 Å². The van der Waals surface area contributed by atoms with Crippen molar-refractivity contribution in [2.45, 2.75) is 26.3 Å². The lowest BCUT2D eigenvalue weighted by molar-refractivity contribution is -0.135. The Morgan fingerprint density at radius 1 is 1.28 bits per heavy atom. The van der Waals surface area contributed by atoms with E-state index in [4.69, 9.17) is 0 Å². The normalized spacial score (nSPS) is 20.9. The van der Waals surface area contributed by atoms with Crippen molar-refractivity contribution in [1.29, 1.82) is 0 Å². The van der Waals surface area contributed by atoms with Crippen LogP contribution in [0.4, 0.5) is 0 Å². The van der Waals surface area contributed by atoms with Crippen LogP contribution in [-0.4, -0.2) is 57.8 Å². The van der Waals surface area contributed by atoms with Crippen molar-refractivity contribution in [2.24, 2.45) is 5.92 Å². The van der Waals surface area contributed by atoms with Crippen molar-refractivity contribution in [3.8, 4) is 0 Å². The SMILES string of the molecule is Cc1csc2c(=O)n3c(nc12)CCN(C(=O)[C@@H]1CC(=O)N(C)C1)CC3. The minimum atomic E-state index is -0.269. The lowest BCUT2D eigenvalue weighted by atomic mass is 10.1. The van der Waals surface area contributed by atoms with E-state index in [9.17, 15) is 14.4 Å². The van der Waals surface area contributed by atoms with E-state index in [0.29, 0.717) is 37.3 Å². The number of amides is 2. The quantitative estimate of drug-likeness (QED) is 0.748. The number of thiophene rings is 1. The third-order valence-corrected chi connectivity index (χ3v) is 6.21. The van der Waals surface area contributed by atoms with Gasteiger partial charge < -0.3 is 9.80 Å². The Bertz CT molecular complexity index is 932. The monoisotopic (exact) mass is 360 g/mol. The number of likely N-dealkylation sites (tertiary alicyclic amines) is 1. The van der Waals surface area contributed by atoms with Crippen LogP contribution in [0, 0.1) is 12.8 Å². The Morgan fingerprint density at radius 2 is 2.08 bits per heavy atom. The van der Waals surface area contributed by atoms with Gasteiger partial charge >= 0.3 is 0 Å². The topological polar surface area (TPSA) is 75.5 Å². The Labute approximate surface area is 148 Å². The van der Waals surface area contributed by atoms with E-state index >= 15 is 0 Å². The number of rotatable bonds is 1. The molecule has 0 aromatic carbocycles. The Balaban J connectivity index is 1.59. The fraction of sp³-hybridized carbons (Fsp3) is 0.529. The number of carbonyl (C=O) groups is 2. The third-order valence-electron chi connectivity index (χ3n) is 5.13. The lowest BCUT2D eigenvalue weighted by Crippen LogP contribution is -2.39. The summed E-state index contributed by atoms with van der Waals surface area (Å²) >= 11 is 1.43. The summed E-state index contributed by atoms with van der Waals surface area (Å²) in [5.74, 6) is 0.504. The molecular formula is C17H20N4O3S. The molecule has 132 valence electrons. The van der Waals surface area contributed by atoms with Gasteiger partial charge in [0.1, 0.15) is 10.5 Å². The maximum Gasteiger partial charge on any atom is 0.271 e. The molecule has 0 unspecified atom stereocenters. The highest BCUT2D eigenvalue weighted by Gasteiger charge is 2.35. The standard InChI is InChI=1S/C17H20N4O3S/c1-10-9-25-15-14(10)18-12-3-4-20(5-6-21(12)17(15)24)16(23)11-7-13(22)19(2)8-11/h9,11H,3-8H2,1-2H3/t11-/m1/s1. The molecule has 0 radical (unpaired) electrons. The first-order chi connectivity index (χ1) is 12.0. The van der Waals surface area contributed by atoms with Gasteiger partial charge in [-0.3, -0.25) is 19.0 Å². The van der Waals surface area contributed by atoms with Gasteiger partial charge in [-0.25, -0.2) is 4.98 Å². The van der Waals surface area contributed by atoms with E-state index in [2.05, 4.69) is 4.98 Å². The van der Waals surface area contributed by atoms with E-state index in [1.165, 1.54) is 11.3 Å². The van der Waals surface area contributed by atoms with Gasteiger partial charge in [0.05, 0.1) is 11.4 Å². The Kier molecular flexibility index (Phi) is 3.87. The van der Waals surface area contributed by atoms with Gasteiger partial charge in [0.25, 0.3) is 5.56 Å². The number of fused-ring (bicyclic) bond motifs is 2. The molecule has 2 amide bonds. The highest BCUT2D eigenvalue weighted by Crippen LogP contribution is 2.23. The van der Waals surface area contributed by atoms with Gasteiger partial charge in [-0.05, 0) is 17.9 Å². The van der Waals surface area contributed by atoms with Crippen LogP contribution in [0.15, 0.2) is 10.2 Å². The molecule has 1 saturated heterocycles. The molecule has 1 fully saturated rings. The van der Waals surface area contributed by atoms with Crippen LogP contribution in [-0.2, 0) is 22.6 Å². The Hall–Kier alpha value is -2.22. The minimum absolute atomic E-state index is 0.0107. The van der Waals surface area contributed by atoms with Crippen LogP contribution in [0.1, 0.15) is 17.8 Å². The number of aryl methyl sites for hydroxylation is 1. The molecule has 7 nitrogen and oxygen atoms in total. The molecule has 1 atom stereocenters. The van der Waals surface area contributed by atoms with E-state index in [-0.39, 0.29) is 29.7 Å². The van der Waals surface area contributed by atoms with Crippen molar-refractivity contribution in [1.82, 2.24) is 19.4 Å². The zero-order valence-electron chi connectivity index (χ0n) is 14.3. The van der Waals surface area contributed by atoms with Crippen molar-refractivity contribution in [3.05, 3.63) is 27.1 Å². The molecule has 2 aliphatic heterocycles. The first-order valence-corrected chi connectivity index (χ1v) is 9.34. The molecule has 0 aliphatic carbocycles. The van der Waals surface area contributed by atoms with Crippen molar-refractivity contribution in [3.63, 3.8) is 0 Å². The fourth-order valence-electron chi connectivity index (χ4n) is 3.65. The highest BCUT2D eigenvalue weighted by atomic mass is 32.1. The first kappa shape index (κ1) is 16.3. The van der Waals surface area contributed by atoms with E-state index in [1.807, 2.05) is 12.3 Å². The summed E-state index contributed by atoms with van der Waals surface area (Å²) in [5, 5.41) is 1.96. The smallest absolute Gasteiger partial charge is 0.271 e. The summed E-state index contributed by atoms with van der Waals surface area (Å²) in [5.41, 5.74) is 1.79. The number of nitrogens with zero attached hydrogens (tertiary/aromatic N) is 4. The van der Waals surface area contributed by atoms with Gasteiger partial charge in [0.15, 0.2) is 0 Å². The maximum absolute atomic E-state index is 12.8. The summed E-state index contributed by atoms with van der Waals surface area (Å²) in [6.45, 7) is 3.92. The lowest BCUT2D eigenvalue weighted by Gasteiger charge is -2.23. The molecule has 2 aromatic rings. The van der Waals surface area contributed by atoms with Gasteiger partial charge in [0, 0.05) is 46.1 Å². The first-order valence-electron chi connectivity index (χ1n) is 8.46. The summed E-state index contributed by atoms with van der Waals surface area (Å²) in [6.07, 6.45) is 0.842. The predicted molar refractivity (Wildman–Crippen MR) is 94.6 cm³/mol. The number of hydrogen-bond donors (Lipinski definition) is 0. The highest BCUT2D eigenvalue weighted by molar-refractivity contribution is 7.17. The maximum atomic E-state index is 12.8. The van der Waals surface area contributed by atoms with Gasteiger partial charge in [-0.2, -0.15) is 0 Å². The minimum Gasteiger partial charge on any atom is -0.345 e. The molecular weight excluding hydrogens is 340 g/mol.